The minimum atomic E-state index is -0.525. The summed E-state index contributed by atoms with van der Waals surface area (Å²) in [5.41, 5.74) is 0.406. The van der Waals surface area contributed by atoms with E-state index in [9.17, 15) is 10.1 Å². The van der Waals surface area contributed by atoms with Crippen molar-refractivity contribution in [3.05, 3.63) is 38.9 Å². The minimum Gasteiger partial charge on any atom is -0.493 e. The second-order valence-electron chi connectivity index (χ2n) is 4.80. The number of H-pyrrole nitrogens is 2. The van der Waals surface area contributed by atoms with Crippen molar-refractivity contribution < 1.29 is 9.47 Å². The van der Waals surface area contributed by atoms with Gasteiger partial charge in [0.05, 0.1) is 18.9 Å². The lowest BCUT2D eigenvalue weighted by atomic mass is 10.1. The predicted molar refractivity (Wildman–Crippen MR) is 84.7 cm³/mol. The number of hydrogen-bond acceptors (Lipinski definition) is 5. The molecule has 1 aromatic heterocycles. The average Bonchev–Trinajstić information content (AvgIpc) is 2.46. The van der Waals surface area contributed by atoms with E-state index in [1.165, 1.54) is 7.11 Å². The lowest BCUT2D eigenvalue weighted by Crippen LogP contribution is -2.13. The van der Waals surface area contributed by atoms with Crippen molar-refractivity contribution >= 4 is 12.2 Å². The number of nitrogens with zero attached hydrogens (tertiary/aromatic N) is 1. The molecule has 2 rings (SSSR count). The predicted octanol–water partition coefficient (Wildman–Crippen LogP) is 2.77. The van der Waals surface area contributed by atoms with Crippen molar-refractivity contribution in [2.75, 3.05) is 7.11 Å². The summed E-state index contributed by atoms with van der Waals surface area (Å²) < 4.78 is 11.1. The van der Waals surface area contributed by atoms with Gasteiger partial charge in [0.2, 0.25) is 0 Å². The Bertz CT molecular complexity index is 846. The third-order valence-corrected chi connectivity index (χ3v) is 3.07. The summed E-state index contributed by atoms with van der Waals surface area (Å²) in [7, 11) is 1.53. The standard InChI is InChI=1S/C15H15N3O3S/c1-8(2)21-11-5-4-9(6-12(11)20-3)13-10(7-16)14(19)18-15(22)17-13/h4-6,8H,1-3H3,(H2,17,18,19,22). The number of hydrogen-bond donors (Lipinski definition) is 2. The largest absolute Gasteiger partial charge is 0.493 e. The summed E-state index contributed by atoms with van der Waals surface area (Å²) >= 11 is 4.96. The molecule has 114 valence electrons. The fourth-order valence-electron chi connectivity index (χ4n) is 1.98. The maximum absolute atomic E-state index is 11.8. The minimum absolute atomic E-state index is 0.000189. The highest BCUT2D eigenvalue weighted by atomic mass is 32.1. The van der Waals surface area contributed by atoms with Crippen LogP contribution in [0.15, 0.2) is 23.0 Å². The first-order valence-electron chi connectivity index (χ1n) is 6.58. The Balaban J connectivity index is 2.62. The molecule has 0 bridgehead atoms. The zero-order chi connectivity index (χ0) is 16.3. The number of aromatic amines is 2. The third-order valence-electron chi connectivity index (χ3n) is 2.87. The van der Waals surface area contributed by atoms with Gasteiger partial charge in [0, 0.05) is 5.56 Å². The maximum Gasteiger partial charge on any atom is 0.270 e. The summed E-state index contributed by atoms with van der Waals surface area (Å²) in [6.07, 6.45) is -0.000189. The van der Waals surface area contributed by atoms with Crippen LogP contribution in [0.4, 0.5) is 0 Å². The zero-order valence-electron chi connectivity index (χ0n) is 12.4. The monoisotopic (exact) mass is 317 g/mol. The van der Waals surface area contributed by atoms with Crippen molar-refractivity contribution in [1.82, 2.24) is 9.97 Å². The number of nitriles is 1. The fourth-order valence-corrected chi connectivity index (χ4v) is 2.18. The van der Waals surface area contributed by atoms with Gasteiger partial charge in [-0.15, -0.1) is 0 Å². The molecule has 22 heavy (non-hydrogen) atoms. The molecule has 2 aromatic rings. The van der Waals surface area contributed by atoms with Gasteiger partial charge >= 0.3 is 0 Å². The van der Waals surface area contributed by atoms with Crippen LogP contribution in [0, 0.1) is 16.1 Å². The number of nitrogens with one attached hydrogen (secondary N) is 2. The number of methoxy groups -OCH3 is 1. The van der Waals surface area contributed by atoms with Crippen LogP contribution >= 0.6 is 12.2 Å². The molecule has 0 aliphatic carbocycles. The average molecular weight is 317 g/mol. The van der Waals surface area contributed by atoms with Gasteiger partial charge in [0.25, 0.3) is 5.56 Å². The quantitative estimate of drug-likeness (QED) is 0.846. The van der Waals surface area contributed by atoms with E-state index < -0.39 is 5.56 Å². The number of aromatic nitrogens is 2. The molecule has 2 N–H and O–H groups in total. The van der Waals surface area contributed by atoms with Crippen molar-refractivity contribution in [3.63, 3.8) is 0 Å². The van der Waals surface area contributed by atoms with Crippen molar-refractivity contribution in [1.29, 1.82) is 5.26 Å². The smallest absolute Gasteiger partial charge is 0.270 e. The van der Waals surface area contributed by atoms with Crippen LogP contribution < -0.4 is 15.0 Å². The van der Waals surface area contributed by atoms with Crippen LogP contribution in [0.3, 0.4) is 0 Å². The Hall–Kier alpha value is -2.59. The molecule has 0 saturated heterocycles. The Kier molecular flexibility index (Phi) is 4.63. The van der Waals surface area contributed by atoms with Gasteiger partial charge in [-0.25, -0.2) is 0 Å². The van der Waals surface area contributed by atoms with Crippen LogP contribution in [-0.2, 0) is 0 Å². The molecule has 6 nitrogen and oxygen atoms in total. The summed E-state index contributed by atoms with van der Waals surface area (Å²) in [4.78, 5) is 17.0. The molecule has 0 spiro atoms. The van der Waals surface area contributed by atoms with E-state index in [1.54, 1.807) is 18.2 Å². The fraction of sp³-hybridized carbons (Fsp3) is 0.267. The van der Waals surface area contributed by atoms with Crippen LogP contribution in [0.25, 0.3) is 11.3 Å². The van der Waals surface area contributed by atoms with E-state index in [4.69, 9.17) is 21.7 Å². The van der Waals surface area contributed by atoms with Crippen LogP contribution in [0.2, 0.25) is 0 Å². The van der Waals surface area contributed by atoms with Crippen molar-refractivity contribution in [2.24, 2.45) is 0 Å². The van der Waals surface area contributed by atoms with Gasteiger partial charge in [-0.05, 0) is 44.3 Å². The van der Waals surface area contributed by atoms with E-state index in [2.05, 4.69) is 9.97 Å². The van der Waals surface area contributed by atoms with Crippen molar-refractivity contribution in [3.8, 4) is 28.8 Å². The summed E-state index contributed by atoms with van der Waals surface area (Å²) in [6, 6.07) is 7.04. The summed E-state index contributed by atoms with van der Waals surface area (Å²) in [5, 5.41) is 9.17. The summed E-state index contributed by atoms with van der Waals surface area (Å²) in [5.74, 6) is 1.10. The van der Waals surface area contributed by atoms with Gasteiger partial charge < -0.3 is 14.5 Å². The second kappa shape index (κ2) is 6.45. The molecule has 0 aliphatic heterocycles. The van der Waals surface area contributed by atoms with Crippen LogP contribution in [0.5, 0.6) is 11.5 Å². The van der Waals surface area contributed by atoms with E-state index in [1.807, 2.05) is 19.9 Å². The number of benzene rings is 1. The molecule has 0 fully saturated rings. The van der Waals surface area contributed by atoms with E-state index in [0.717, 1.165) is 0 Å². The molecule has 0 saturated carbocycles. The van der Waals surface area contributed by atoms with Gasteiger partial charge in [-0.3, -0.25) is 9.78 Å². The van der Waals surface area contributed by atoms with Gasteiger partial charge in [-0.2, -0.15) is 5.26 Å². The number of rotatable bonds is 4. The van der Waals surface area contributed by atoms with Gasteiger partial charge in [0.15, 0.2) is 16.3 Å². The highest BCUT2D eigenvalue weighted by Gasteiger charge is 2.14. The third kappa shape index (κ3) is 3.18. The second-order valence-corrected chi connectivity index (χ2v) is 5.21. The highest BCUT2D eigenvalue weighted by Crippen LogP contribution is 2.32. The Morgan fingerprint density at radius 2 is 2.00 bits per heavy atom. The molecule has 1 aromatic carbocycles. The van der Waals surface area contributed by atoms with E-state index >= 15 is 0 Å². The normalized spacial score (nSPS) is 10.3. The lowest BCUT2D eigenvalue weighted by Gasteiger charge is -2.14. The first-order chi connectivity index (χ1) is 10.5. The molecule has 7 heteroatoms. The number of ether oxygens (including phenoxy) is 2. The first kappa shape index (κ1) is 15.8. The Morgan fingerprint density at radius 3 is 2.59 bits per heavy atom. The van der Waals surface area contributed by atoms with Gasteiger partial charge in [-0.1, -0.05) is 0 Å². The molecule has 0 radical (unpaired) electrons. The lowest BCUT2D eigenvalue weighted by molar-refractivity contribution is 0.230. The molecule has 0 atom stereocenters. The summed E-state index contributed by atoms with van der Waals surface area (Å²) in [6.45, 7) is 3.82. The molecule has 1 heterocycles. The highest BCUT2D eigenvalue weighted by molar-refractivity contribution is 7.71. The van der Waals surface area contributed by atoms with Gasteiger partial charge in [0.1, 0.15) is 11.6 Å². The van der Waals surface area contributed by atoms with Crippen molar-refractivity contribution in [2.45, 2.75) is 20.0 Å². The van der Waals surface area contributed by atoms with Crippen LogP contribution in [0.1, 0.15) is 19.4 Å². The Morgan fingerprint density at radius 1 is 1.27 bits per heavy atom. The molecular weight excluding hydrogens is 302 g/mol. The topological polar surface area (TPSA) is 90.9 Å². The molecular formula is C15H15N3O3S. The van der Waals surface area contributed by atoms with Crippen LogP contribution in [-0.4, -0.2) is 23.2 Å². The van der Waals surface area contributed by atoms with E-state index in [-0.39, 0.29) is 16.4 Å². The molecule has 0 unspecified atom stereocenters. The van der Waals surface area contributed by atoms with E-state index in [0.29, 0.717) is 22.8 Å². The zero-order valence-corrected chi connectivity index (χ0v) is 13.2. The SMILES string of the molecule is COc1cc(-c2[nH]c(=S)[nH]c(=O)c2C#N)ccc1OC(C)C. The first-order valence-corrected chi connectivity index (χ1v) is 6.99. The molecule has 0 aliphatic rings. The maximum atomic E-state index is 11.8. The molecule has 0 amide bonds. The Labute approximate surface area is 132 Å².